The van der Waals surface area contributed by atoms with Crippen LogP contribution >= 0.6 is 0 Å². The number of aliphatic carboxylic acids is 1. The van der Waals surface area contributed by atoms with Crippen LogP contribution in [0.25, 0.3) is 0 Å². The monoisotopic (exact) mass is 132 g/mol. The number of rotatable bonds is 3. The molecule has 1 N–H and O–H groups in total. The first kappa shape index (κ1) is 7.92. The van der Waals surface area contributed by atoms with Gasteiger partial charge in [-0.15, -0.1) is 6.42 Å². The summed E-state index contributed by atoms with van der Waals surface area (Å²) in [6, 6.07) is 0. The summed E-state index contributed by atoms with van der Waals surface area (Å²) in [4.78, 5) is 9.64. The Hall–Kier alpha value is -1.08. The molecule has 1 unspecified atom stereocenters. The highest BCUT2D eigenvalue weighted by atomic mass is 19.1. The van der Waals surface area contributed by atoms with Crippen molar-refractivity contribution < 1.29 is 19.0 Å². The molecule has 0 fully saturated rings. The van der Waals surface area contributed by atoms with Gasteiger partial charge in [-0.05, 0) is 0 Å². The second kappa shape index (κ2) is 3.87. The zero-order valence-corrected chi connectivity index (χ0v) is 4.50. The highest BCUT2D eigenvalue weighted by molar-refractivity contribution is 5.70. The van der Waals surface area contributed by atoms with E-state index in [0.717, 1.165) is 0 Å². The minimum Gasteiger partial charge on any atom is -0.477 e. The van der Waals surface area contributed by atoms with Gasteiger partial charge in [0.15, 0.2) is 0 Å². The molecule has 0 saturated carbocycles. The fourth-order valence-electron chi connectivity index (χ4n) is 0.193. The third-order valence-corrected chi connectivity index (χ3v) is 0.507. The van der Waals surface area contributed by atoms with E-state index in [1.54, 1.807) is 0 Å². The van der Waals surface area contributed by atoms with Crippen molar-refractivity contribution in [3.8, 4) is 12.3 Å². The van der Waals surface area contributed by atoms with Crippen LogP contribution in [0.2, 0.25) is 0 Å². The summed E-state index contributed by atoms with van der Waals surface area (Å²) in [6.45, 7) is -0.326. The topological polar surface area (TPSA) is 46.5 Å². The summed E-state index contributed by atoms with van der Waals surface area (Å²) >= 11 is 0. The summed E-state index contributed by atoms with van der Waals surface area (Å²) in [5, 5.41) is 7.84. The van der Waals surface area contributed by atoms with E-state index in [4.69, 9.17) is 5.11 Å². The largest absolute Gasteiger partial charge is 0.477 e. The molecular weight excluding hydrogens is 127 g/mol. The first-order valence-corrected chi connectivity index (χ1v) is 2.10. The zero-order valence-electron chi connectivity index (χ0n) is 4.50. The Kier molecular flexibility index (Phi) is 3.40. The van der Waals surface area contributed by atoms with Crippen molar-refractivity contribution in [1.29, 1.82) is 0 Å². The van der Waals surface area contributed by atoms with Crippen LogP contribution in [0.1, 0.15) is 0 Å². The molecular formula is C5H5FO3. The molecule has 50 valence electrons. The van der Waals surface area contributed by atoms with Gasteiger partial charge >= 0.3 is 5.97 Å². The second-order valence-corrected chi connectivity index (χ2v) is 1.17. The van der Waals surface area contributed by atoms with Crippen LogP contribution in [-0.2, 0) is 9.53 Å². The van der Waals surface area contributed by atoms with Crippen LogP contribution in [0.3, 0.4) is 0 Å². The van der Waals surface area contributed by atoms with E-state index in [2.05, 4.69) is 11.2 Å². The Bertz CT molecular complexity index is 138. The molecule has 0 amide bonds. The van der Waals surface area contributed by atoms with Gasteiger partial charge in [-0.25, -0.2) is 9.18 Å². The highest BCUT2D eigenvalue weighted by Crippen LogP contribution is 1.91. The van der Waals surface area contributed by atoms with Gasteiger partial charge in [-0.3, -0.25) is 0 Å². The lowest BCUT2D eigenvalue weighted by Crippen LogP contribution is -2.18. The molecule has 3 nitrogen and oxygen atoms in total. The maximum absolute atomic E-state index is 11.8. The van der Waals surface area contributed by atoms with Crippen molar-refractivity contribution in [3.63, 3.8) is 0 Å². The molecule has 0 heterocycles. The van der Waals surface area contributed by atoms with Gasteiger partial charge in [0.05, 0.1) is 0 Å². The summed E-state index contributed by atoms with van der Waals surface area (Å²) in [7, 11) is 0. The summed E-state index contributed by atoms with van der Waals surface area (Å²) < 4.78 is 15.7. The molecule has 0 spiro atoms. The molecule has 0 aliphatic carbocycles. The summed E-state index contributed by atoms with van der Waals surface area (Å²) in [6.07, 6.45) is 2.34. The number of hydrogen-bond acceptors (Lipinski definition) is 2. The van der Waals surface area contributed by atoms with Crippen molar-refractivity contribution in [2.24, 2.45) is 0 Å². The maximum Gasteiger partial charge on any atom is 0.366 e. The number of terminal acetylenes is 1. The molecule has 0 saturated heterocycles. The molecule has 0 rings (SSSR count). The third-order valence-electron chi connectivity index (χ3n) is 0.507. The minimum absolute atomic E-state index is 0.326. The van der Waals surface area contributed by atoms with Crippen LogP contribution in [0.15, 0.2) is 0 Å². The van der Waals surface area contributed by atoms with Crippen molar-refractivity contribution in [3.05, 3.63) is 0 Å². The molecule has 1 atom stereocenters. The predicted molar refractivity (Wildman–Crippen MR) is 27.3 cm³/mol. The average molecular weight is 132 g/mol. The lowest BCUT2D eigenvalue weighted by Gasteiger charge is -1.98. The molecule has 0 bridgehead atoms. The number of carboxylic acids is 1. The SMILES string of the molecule is C#CCOC(F)C(=O)O. The quantitative estimate of drug-likeness (QED) is 0.550. The van der Waals surface area contributed by atoms with Crippen LogP contribution < -0.4 is 0 Å². The number of hydrogen-bond donors (Lipinski definition) is 1. The lowest BCUT2D eigenvalue weighted by atomic mass is 10.7. The Morgan fingerprint density at radius 2 is 2.56 bits per heavy atom. The van der Waals surface area contributed by atoms with Crippen molar-refractivity contribution in [1.82, 2.24) is 0 Å². The predicted octanol–water partition coefficient (Wildman–Crippen LogP) is 0.0164. The van der Waals surface area contributed by atoms with Gasteiger partial charge in [0.25, 0.3) is 6.36 Å². The number of carboxylic acid groups (broad SMARTS) is 1. The van der Waals surface area contributed by atoms with Gasteiger partial charge < -0.3 is 9.84 Å². The van der Waals surface area contributed by atoms with E-state index in [1.165, 1.54) is 0 Å². The summed E-state index contributed by atoms with van der Waals surface area (Å²) in [5.74, 6) is 0.266. The van der Waals surface area contributed by atoms with Gasteiger partial charge in [-0.2, -0.15) is 0 Å². The van der Waals surface area contributed by atoms with Crippen molar-refractivity contribution in [2.75, 3.05) is 6.61 Å². The number of halogens is 1. The van der Waals surface area contributed by atoms with Crippen molar-refractivity contribution in [2.45, 2.75) is 6.36 Å². The van der Waals surface area contributed by atoms with Gasteiger partial charge in [-0.1, -0.05) is 5.92 Å². The van der Waals surface area contributed by atoms with Gasteiger partial charge in [0.1, 0.15) is 6.61 Å². The number of alkyl halides is 1. The normalized spacial score (nSPS) is 12.0. The second-order valence-electron chi connectivity index (χ2n) is 1.17. The van der Waals surface area contributed by atoms with E-state index in [9.17, 15) is 9.18 Å². The van der Waals surface area contributed by atoms with Crippen molar-refractivity contribution >= 4 is 5.97 Å². The Labute approximate surface area is 51.4 Å². The Morgan fingerprint density at radius 1 is 2.00 bits per heavy atom. The fourth-order valence-corrected chi connectivity index (χ4v) is 0.193. The molecule has 0 aliphatic rings. The maximum atomic E-state index is 11.8. The van der Waals surface area contributed by atoms with Crippen LogP contribution in [0.4, 0.5) is 4.39 Å². The highest BCUT2D eigenvalue weighted by Gasteiger charge is 2.14. The first-order valence-electron chi connectivity index (χ1n) is 2.10. The smallest absolute Gasteiger partial charge is 0.366 e. The molecule has 0 aliphatic heterocycles. The Morgan fingerprint density at radius 3 is 2.89 bits per heavy atom. The number of ether oxygens (including phenoxy) is 1. The minimum atomic E-state index is -2.30. The van der Waals surface area contributed by atoms with E-state index >= 15 is 0 Å². The molecule has 0 aromatic carbocycles. The average Bonchev–Trinajstić information content (AvgIpc) is 1.82. The summed E-state index contributed by atoms with van der Waals surface area (Å²) in [5.41, 5.74) is 0. The molecule has 0 radical (unpaired) electrons. The standard InChI is InChI=1S/C5H5FO3/c1-2-3-9-4(6)5(7)8/h1,4H,3H2,(H,7,8). The van der Waals surface area contributed by atoms with Gasteiger partial charge in [0, 0.05) is 0 Å². The fraction of sp³-hybridized carbons (Fsp3) is 0.400. The van der Waals surface area contributed by atoms with E-state index in [1.807, 2.05) is 5.92 Å². The molecule has 9 heavy (non-hydrogen) atoms. The number of carbonyl (C=O) groups is 1. The van der Waals surface area contributed by atoms with Crippen LogP contribution in [0, 0.1) is 12.3 Å². The zero-order chi connectivity index (χ0) is 7.28. The third kappa shape index (κ3) is 3.50. The Balaban J connectivity index is 3.41. The molecule has 0 aromatic rings. The molecule has 0 aromatic heterocycles. The van der Waals surface area contributed by atoms with Crippen LogP contribution in [0.5, 0.6) is 0 Å². The van der Waals surface area contributed by atoms with Crippen LogP contribution in [-0.4, -0.2) is 24.0 Å². The molecule has 4 heteroatoms. The lowest BCUT2D eigenvalue weighted by molar-refractivity contribution is -0.161. The van der Waals surface area contributed by atoms with E-state index < -0.39 is 12.3 Å². The van der Waals surface area contributed by atoms with Gasteiger partial charge in [0.2, 0.25) is 0 Å². The van der Waals surface area contributed by atoms with E-state index in [-0.39, 0.29) is 6.61 Å². The first-order chi connectivity index (χ1) is 4.18. The van der Waals surface area contributed by atoms with E-state index in [0.29, 0.717) is 0 Å².